The Labute approximate surface area is 171 Å². The second kappa shape index (κ2) is 9.64. The van der Waals surface area contributed by atoms with E-state index in [0.717, 1.165) is 25.3 Å². The van der Waals surface area contributed by atoms with Crippen LogP contribution in [0.25, 0.3) is 0 Å². The fourth-order valence-electron chi connectivity index (χ4n) is 2.82. The lowest BCUT2D eigenvalue weighted by molar-refractivity contribution is -0.141. The monoisotopic (exact) mass is 422 g/mol. The molecule has 2 aromatic rings. The maximum atomic E-state index is 12.7. The molecule has 4 rings (SSSR count). The van der Waals surface area contributed by atoms with Gasteiger partial charge in [-0.15, -0.1) is 10.2 Å². The molecule has 2 N–H and O–H groups in total. The Morgan fingerprint density at radius 2 is 1.87 bits per heavy atom. The molecule has 12 heteroatoms. The van der Waals surface area contributed by atoms with Crippen molar-refractivity contribution < 1.29 is 17.9 Å². The molecule has 2 aromatic heterocycles. The number of hydrogen-bond donors (Lipinski definition) is 2. The first kappa shape index (κ1) is 21.7. The first-order chi connectivity index (χ1) is 14.4. The lowest BCUT2D eigenvalue weighted by atomic mass is 10.3. The number of halogens is 3. The van der Waals surface area contributed by atoms with Crippen LogP contribution in [0.5, 0.6) is 0 Å². The quantitative estimate of drug-likeness (QED) is 0.767. The first-order valence-corrected chi connectivity index (χ1v) is 9.34. The van der Waals surface area contributed by atoms with Gasteiger partial charge in [0.05, 0.1) is 31.3 Å². The highest BCUT2D eigenvalue weighted by molar-refractivity contribution is 5.59. The van der Waals surface area contributed by atoms with E-state index in [-0.39, 0.29) is 23.0 Å². The van der Waals surface area contributed by atoms with Gasteiger partial charge in [-0.2, -0.15) is 18.4 Å². The third-order valence-corrected chi connectivity index (χ3v) is 4.46. The van der Waals surface area contributed by atoms with Crippen molar-refractivity contribution in [3.63, 3.8) is 0 Å². The third-order valence-electron chi connectivity index (χ3n) is 4.46. The molecular formula is C18H21F3N8O. The van der Waals surface area contributed by atoms with Gasteiger partial charge in [-0.3, -0.25) is 4.90 Å². The number of nitrogens with one attached hydrogen (secondary N) is 2. The second-order valence-electron chi connectivity index (χ2n) is 6.64. The van der Waals surface area contributed by atoms with Crippen molar-refractivity contribution in [2.24, 2.45) is 0 Å². The van der Waals surface area contributed by atoms with Crippen molar-refractivity contribution in [2.45, 2.75) is 25.1 Å². The number of alkyl halides is 3. The van der Waals surface area contributed by atoms with Crippen LogP contribution in [-0.2, 0) is 10.9 Å². The predicted molar refractivity (Wildman–Crippen MR) is 102 cm³/mol. The Kier molecular flexibility index (Phi) is 6.96. The molecule has 1 aliphatic carbocycles. The predicted octanol–water partition coefficient (Wildman–Crippen LogP) is 2.42. The van der Waals surface area contributed by atoms with Gasteiger partial charge in [-0.05, 0) is 12.8 Å². The smallest absolute Gasteiger partial charge is 0.386 e. The minimum Gasteiger partial charge on any atom is -0.386 e. The van der Waals surface area contributed by atoms with Crippen molar-refractivity contribution in [3.05, 3.63) is 29.8 Å². The highest BCUT2D eigenvalue weighted by atomic mass is 19.4. The molecule has 9 nitrogen and oxygen atoms in total. The molecule has 0 atom stereocenters. The topological polar surface area (TPSA) is 112 Å². The Morgan fingerprint density at radius 1 is 1.13 bits per heavy atom. The molecule has 30 heavy (non-hydrogen) atoms. The molecular weight excluding hydrogens is 401 g/mol. The van der Waals surface area contributed by atoms with Gasteiger partial charge >= 0.3 is 6.18 Å². The molecule has 2 fully saturated rings. The number of morpholine rings is 1. The number of nitrogens with zero attached hydrogens (tertiary/aromatic N) is 6. The summed E-state index contributed by atoms with van der Waals surface area (Å²) in [5, 5.41) is 20.2. The van der Waals surface area contributed by atoms with Gasteiger partial charge in [-0.25, -0.2) is 9.97 Å². The fraction of sp³-hybridized carbons (Fsp3) is 0.500. The minimum absolute atomic E-state index is 0.0614. The number of anilines is 3. The van der Waals surface area contributed by atoms with Gasteiger partial charge in [0.15, 0.2) is 17.2 Å². The van der Waals surface area contributed by atoms with E-state index in [1.54, 1.807) is 6.07 Å². The van der Waals surface area contributed by atoms with E-state index in [1.807, 2.05) is 0 Å². The number of hydrogen-bond acceptors (Lipinski definition) is 9. The van der Waals surface area contributed by atoms with E-state index >= 15 is 0 Å². The molecule has 160 valence electrons. The van der Waals surface area contributed by atoms with E-state index in [4.69, 9.17) is 10.00 Å². The summed E-state index contributed by atoms with van der Waals surface area (Å²) < 4.78 is 43.2. The Hall–Kier alpha value is -3.04. The van der Waals surface area contributed by atoms with Gasteiger partial charge in [0.1, 0.15) is 11.9 Å². The van der Waals surface area contributed by atoms with Crippen LogP contribution in [0.1, 0.15) is 24.2 Å². The SMILES string of the molecule is C1CN(C2CC2)CCO1.CNc1cc(Nc2cnc(C#N)cn2)nnc1C(F)(F)F. The van der Waals surface area contributed by atoms with Crippen LogP contribution in [0.2, 0.25) is 0 Å². The van der Waals surface area contributed by atoms with Crippen molar-refractivity contribution in [1.29, 1.82) is 5.26 Å². The second-order valence-corrected chi connectivity index (χ2v) is 6.64. The number of aromatic nitrogens is 4. The average Bonchev–Trinajstić information content (AvgIpc) is 3.60. The highest BCUT2D eigenvalue weighted by Crippen LogP contribution is 2.33. The van der Waals surface area contributed by atoms with Crippen LogP contribution in [0.15, 0.2) is 18.5 Å². The molecule has 1 aliphatic heterocycles. The minimum atomic E-state index is -4.60. The maximum Gasteiger partial charge on any atom is 0.437 e. The number of ether oxygens (including phenoxy) is 1. The normalized spacial score (nSPS) is 16.8. The zero-order chi connectivity index (χ0) is 21.6. The van der Waals surface area contributed by atoms with Crippen LogP contribution >= 0.6 is 0 Å². The van der Waals surface area contributed by atoms with Crippen molar-refractivity contribution in [1.82, 2.24) is 25.1 Å². The lowest BCUT2D eigenvalue weighted by Gasteiger charge is -2.26. The molecule has 0 aromatic carbocycles. The molecule has 1 saturated carbocycles. The Morgan fingerprint density at radius 3 is 2.40 bits per heavy atom. The van der Waals surface area contributed by atoms with Gasteiger partial charge < -0.3 is 15.4 Å². The Balaban J connectivity index is 0.000000234. The van der Waals surface area contributed by atoms with Crippen molar-refractivity contribution >= 4 is 17.3 Å². The number of rotatable bonds is 4. The summed E-state index contributed by atoms with van der Waals surface area (Å²) >= 11 is 0. The summed E-state index contributed by atoms with van der Waals surface area (Å²) in [6, 6.07) is 3.88. The summed E-state index contributed by atoms with van der Waals surface area (Å²) in [5.74, 6) is 0.288. The third kappa shape index (κ3) is 5.98. The van der Waals surface area contributed by atoms with E-state index in [0.29, 0.717) is 0 Å². The standard InChI is InChI=1S/C11H8F3N7.C7H13NO/c1-16-7-2-8(20-21-10(7)11(12,13)14)19-9-5-17-6(3-15)4-18-9;1-2-7(1)8-3-5-9-6-4-8/h2,4-5H,1H3,(H2,16,18,19,20);7H,1-6H2. The van der Waals surface area contributed by atoms with E-state index in [2.05, 4.69) is 35.7 Å². The van der Waals surface area contributed by atoms with Gasteiger partial charge in [-0.1, -0.05) is 0 Å². The molecule has 0 unspecified atom stereocenters. The molecule has 0 bridgehead atoms. The summed E-state index contributed by atoms with van der Waals surface area (Å²) in [4.78, 5) is 10.2. The van der Waals surface area contributed by atoms with Gasteiger partial charge in [0, 0.05) is 32.2 Å². The van der Waals surface area contributed by atoms with Crippen LogP contribution in [0.4, 0.5) is 30.5 Å². The molecule has 1 saturated heterocycles. The van der Waals surface area contributed by atoms with Crippen LogP contribution in [0, 0.1) is 11.3 Å². The van der Waals surface area contributed by atoms with Crippen molar-refractivity contribution in [2.75, 3.05) is 44.0 Å². The van der Waals surface area contributed by atoms with E-state index in [1.165, 1.54) is 45.4 Å². The number of nitriles is 1. The van der Waals surface area contributed by atoms with Crippen LogP contribution < -0.4 is 10.6 Å². The van der Waals surface area contributed by atoms with Crippen LogP contribution in [0.3, 0.4) is 0 Å². The molecule has 0 spiro atoms. The highest BCUT2D eigenvalue weighted by Gasteiger charge is 2.36. The molecule has 3 heterocycles. The molecule has 0 amide bonds. The molecule has 0 radical (unpaired) electrons. The van der Waals surface area contributed by atoms with Crippen LogP contribution in [-0.4, -0.2) is 64.5 Å². The fourth-order valence-corrected chi connectivity index (χ4v) is 2.82. The molecule has 2 aliphatic rings. The van der Waals surface area contributed by atoms with Gasteiger partial charge in [0.2, 0.25) is 0 Å². The lowest BCUT2D eigenvalue weighted by Crippen LogP contribution is -2.37. The zero-order valence-corrected chi connectivity index (χ0v) is 16.3. The summed E-state index contributed by atoms with van der Waals surface area (Å²) in [7, 11) is 1.34. The average molecular weight is 422 g/mol. The maximum absolute atomic E-state index is 12.7. The Bertz CT molecular complexity index is 874. The van der Waals surface area contributed by atoms with E-state index in [9.17, 15) is 13.2 Å². The summed E-state index contributed by atoms with van der Waals surface area (Å²) in [5.41, 5.74) is -1.21. The van der Waals surface area contributed by atoms with Gasteiger partial charge in [0.25, 0.3) is 0 Å². The first-order valence-electron chi connectivity index (χ1n) is 9.34. The largest absolute Gasteiger partial charge is 0.437 e. The zero-order valence-electron chi connectivity index (χ0n) is 16.3. The van der Waals surface area contributed by atoms with Crippen molar-refractivity contribution in [3.8, 4) is 6.07 Å². The summed E-state index contributed by atoms with van der Waals surface area (Å²) in [6.45, 7) is 4.25. The van der Waals surface area contributed by atoms with E-state index < -0.39 is 11.9 Å². The summed E-state index contributed by atoms with van der Waals surface area (Å²) in [6.07, 6.45) is 0.744.